The van der Waals surface area contributed by atoms with E-state index >= 15 is 0 Å². The van der Waals surface area contributed by atoms with Gasteiger partial charge in [-0.15, -0.1) is 5.10 Å². The molecule has 4 aromatic rings. The van der Waals surface area contributed by atoms with E-state index in [4.69, 9.17) is 20.6 Å². The van der Waals surface area contributed by atoms with Gasteiger partial charge in [0.1, 0.15) is 11.3 Å². The predicted octanol–water partition coefficient (Wildman–Crippen LogP) is 2.99. The first-order valence-electron chi connectivity index (χ1n) is 10.3. The molecule has 1 atom stereocenters. The van der Waals surface area contributed by atoms with E-state index in [0.29, 0.717) is 28.9 Å². The fourth-order valence-electron chi connectivity index (χ4n) is 4.36. The number of aromatic nitrogens is 5. The van der Waals surface area contributed by atoms with E-state index in [0.717, 1.165) is 43.6 Å². The van der Waals surface area contributed by atoms with E-state index in [-0.39, 0.29) is 0 Å². The van der Waals surface area contributed by atoms with Crippen molar-refractivity contribution in [2.75, 3.05) is 12.8 Å². The number of methoxy groups -OCH3 is 1. The van der Waals surface area contributed by atoms with Gasteiger partial charge < -0.3 is 10.5 Å². The highest BCUT2D eigenvalue weighted by Crippen LogP contribution is 2.29. The van der Waals surface area contributed by atoms with Gasteiger partial charge >= 0.3 is 0 Å². The average molecular weight is 403 g/mol. The van der Waals surface area contributed by atoms with Gasteiger partial charge in [0.25, 0.3) is 0 Å². The fraction of sp³-hybridized carbons (Fsp3) is 0.364. The third-order valence-corrected chi connectivity index (χ3v) is 5.82. The van der Waals surface area contributed by atoms with Crippen molar-refractivity contribution in [3.63, 3.8) is 0 Å². The molecular weight excluding hydrogens is 378 g/mol. The summed E-state index contributed by atoms with van der Waals surface area (Å²) in [6.07, 6.45) is 4.80. The van der Waals surface area contributed by atoms with E-state index < -0.39 is 0 Å². The molecule has 154 valence electrons. The third-order valence-electron chi connectivity index (χ3n) is 5.82. The molecule has 1 aliphatic rings. The molecule has 8 heteroatoms. The Bertz CT molecular complexity index is 1190. The minimum atomic E-state index is 0.311. The molecule has 3 aromatic heterocycles. The monoisotopic (exact) mass is 403 g/mol. The highest BCUT2D eigenvalue weighted by atomic mass is 16.5. The van der Waals surface area contributed by atoms with Gasteiger partial charge in [-0.3, -0.25) is 9.88 Å². The molecule has 0 fully saturated rings. The normalized spacial score (nSPS) is 15.0. The van der Waals surface area contributed by atoms with Crippen LogP contribution in [0.2, 0.25) is 0 Å². The second-order valence-corrected chi connectivity index (χ2v) is 7.75. The van der Waals surface area contributed by atoms with Gasteiger partial charge in [0, 0.05) is 37.1 Å². The Balaban J connectivity index is 1.49. The highest BCUT2D eigenvalue weighted by molar-refractivity contribution is 5.95. The van der Waals surface area contributed by atoms with Crippen molar-refractivity contribution >= 4 is 22.5 Å². The zero-order valence-corrected chi connectivity index (χ0v) is 17.2. The Kier molecular flexibility index (Phi) is 4.71. The molecule has 4 heterocycles. The van der Waals surface area contributed by atoms with Gasteiger partial charge in [-0.1, -0.05) is 25.5 Å². The smallest absolute Gasteiger partial charge is 0.223 e. The van der Waals surface area contributed by atoms with E-state index in [1.54, 1.807) is 11.6 Å². The molecule has 5 rings (SSSR count). The standard InChI is InChI=1S/C22H25N7O/c1-3-6-15(28-12-14-7-5-10-24-17(14)13-28)11-19-25-21-16-8-4-9-18(30-2)20(16)26-22(23)29(21)27-19/h4-5,7-10,15H,3,6,11-13H2,1-2H3,(H2,23,26). The van der Waals surface area contributed by atoms with E-state index in [1.807, 2.05) is 30.5 Å². The van der Waals surface area contributed by atoms with Crippen molar-refractivity contribution in [3.05, 3.63) is 53.6 Å². The molecule has 0 spiro atoms. The van der Waals surface area contributed by atoms with E-state index in [9.17, 15) is 0 Å². The number of ether oxygens (including phenoxy) is 1. The van der Waals surface area contributed by atoms with Crippen molar-refractivity contribution in [2.45, 2.75) is 45.3 Å². The first-order valence-corrected chi connectivity index (χ1v) is 10.3. The zero-order valence-electron chi connectivity index (χ0n) is 17.2. The summed E-state index contributed by atoms with van der Waals surface area (Å²) in [5.41, 5.74) is 10.1. The lowest BCUT2D eigenvalue weighted by molar-refractivity contribution is 0.183. The van der Waals surface area contributed by atoms with Gasteiger partial charge in [-0.25, -0.2) is 9.97 Å². The Labute approximate surface area is 174 Å². The van der Waals surface area contributed by atoms with Crippen LogP contribution in [0.25, 0.3) is 16.6 Å². The molecule has 0 aliphatic carbocycles. The number of nitrogen functional groups attached to an aromatic ring is 1. The molecule has 8 nitrogen and oxygen atoms in total. The van der Waals surface area contributed by atoms with Crippen LogP contribution in [0.3, 0.4) is 0 Å². The molecule has 1 aromatic carbocycles. The number of rotatable bonds is 6. The number of benzene rings is 1. The van der Waals surface area contributed by atoms with E-state index in [2.05, 4.69) is 27.9 Å². The topological polar surface area (TPSA) is 94.5 Å². The molecule has 1 unspecified atom stereocenters. The van der Waals surface area contributed by atoms with Crippen molar-refractivity contribution in [2.24, 2.45) is 0 Å². The Morgan fingerprint density at radius 1 is 1.17 bits per heavy atom. The Hall–Kier alpha value is -3.26. The molecule has 30 heavy (non-hydrogen) atoms. The van der Waals surface area contributed by atoms with Crippen LogP contribution in [0.15, 0.2) is 36.5 Å². The average Bonchev–Trinajstić information content (AvgIpc) is 3.38. The maximum Gasteiger partial charge on any atom is 0.223 e. The Morgan fingerprint density at radius 3 is 2.87 bits per heavy atom. The second kappa shape index (κ2) is 7.53. The summed E-state index contributed by atoms with van der Waals surface area (Å²) in [6.45, 7) is 4.01. The van der Waals surface area contributed by atoms with Crippen molar-refractivity contribution < 1.29 is 4.74 Å². The number of anilines is 1. The fourth-order valence-corrected chi connectivity index (χ4v) is 4.36. The number of pyridine rings is 1. The molecule has 1 aliphatic heterocycles. The van der Waals surface area contributed by atoms with Crippen LogP contribution in [-0.4, -0.2) is 42.6 Å². The number of fused-ring (bicyclic) bond motifs is 4. The first kappa shape index (κ1) is 18.7. The van der Waals surface area contributed by atoms with Gasteiger partial charge in [-0.2, -0.15) is 4.52 Å². The molecule has 0 bridgehead atoms. The highest BCUT2D eigenvalue weighted by Gasteiger charge is 2.27. The molecule has 0 saturated heterocycles. The molecule has 0 radical (unpaired) electrons. The number of nitrogens with two attached hydrogens (primary N) is 1. The lowest BCUT2D eigenvalue weighted by atomic mass is 10.1. The maximum atomic E-state index is 6.20. The van der Waals surface area contributed by atoms with Crippen LogP contribution < -0.4 is 10.5 Å². The summed E-state index contributed by atoms with van der Waals surface area (Å²) >= 11 is 0. The van der Waals surface area contributed by atoms with Crippen LogP contribution in [0, 0.1) is 0 Å². The van der Waals surface area contributed by atoms with Crippen LogP contribution in [0.4, 0.5) is 5.95 Å². The van der Waals surface area contributed by atoms with Crippen molar-refractivity contribution in [1.29, 1.82) is 0 Å². The molecular formula is C22H25N7O. The summed E-state index contributed by atoms with van der Waals surface area (Å²) in [7, 11) is 1.63. The van der Waals surface area contributed by atoms with Gasteiger partial charge in [0.2, 0.25) is 5.95 Å². The lowest BCUT2D eigenvalue weighted by Crippen LogP contribution is -2.33. The summed E-state index contributed by atoms with van der Waals surface area (Å²) in [5, 5.41) is 5.58. The third kappa shape index (κ3) is 3.13. The predicted molar refractivity (Wildman–Crippen MR) is 115 cm³/mol. The van der Waals surface area contributed by atoms with Gasteiger partial charge in [0.15, 0.2) is 11.5 Å². The molecule has 2 N–H and O–H groups in total. The minimum Gasteiger partial charge on any atom is -0.494 e. The van der Waals surface area contributed by atoms with Crippen LogP contribution >= 0.6 is 0 Å². The summed E-state index contributed by atoms with van der Waals surface area (Å²) in [4.78, 5) is 16.4. The molecule has 0 amide bonds. The first-order chi connectivity index (χ1) is 14.7. The van der Waals surface area contributed by atoms with Crippen LogP contribution in [0.1, 0.15) is 36.8 Å². The largest absolute Gasteiger partial charge is 0.494 e. The van der Waals surface area contributed by atoms with Gasteiger partial charge in [-0.05, 0) is 30.2 Å². The number of hydrogen-bond donors (Lipinski definition) is 1. The van der Waals surface area contributed by atoms with Crippen molar-refractivity contribution in [3.8, 4) is 5.75 Å². The van der Waals surface area contributed by atoms with Gasteiger partial charge in [0.05, 0.1) is 12.8 Å². The quantitative estimate of drug-likeness (QED) is 0.529. The maximum absolute atomic E-state index is 6.20. The summed E-state index contributed by atoms with van der Waals surface area (Å²) < 4.78 is 7.08. The second-order valence-electron chi connectivity index (χ2n) is 7.75. The van der Waals surface area contributed by atoms with Crippen LogP contribution in [-0.2, 0) is 19.5 Å². The summed E-state index contributed by atoms with van der Waals surface area (Å²) in [6, 6.07) is 10.3. The minimum absolute atomic E-state index is 0.311. The molecule has 0 saturated carbocycles. The SMILES string of the molecule is CCCC(Cc1nc2c3cccc(OC)c3nc(N)n2n1)N1Cc2cccnc2C1. The number of para-hydroxylation sites is 1. The zero-order chi connectivity index (χ0) is 20.7. The lowest BCUT2D eigenvalue weighted by Gasteiger charge is -2.26. The summed E-state index contributed by atoms with van der Waals surface area (Å²) in [5.74, 6) is 1.77. The number of hydrogen-bond acceptors (Lipinski definition) is 7. The van der Waals surface area contributed by atoms with E-state index in [1.165, 1.54) is 11.3 Å². The van der Waals surface area contributed by atoms with Crippen LogP contribution in [0.5, 0.6) is 5.75 Å². The van der Waals surface area contributed by atoms with Crippen molar-refractivity contribution in [1.82, 2.24) is 29.5 Å². The number of nitrogens with zero attached hydrogens (tertiary/aromatic N) is 6. The Morgan fingerprint density at radius 2 is 2.07 bits per heavy atom.